The fourth-order valence-electron chi connectivity index (χ4n) is 2.88. The lowest BCUT2D eigenvalue weighted by Crippen LogP contribution is -2.50. The van der Waals surface area contributed by atoms with Gasteiger partial charge in [-0.1, -0.05) is 0 Å². The van der Waals surface area contributed by atoms with Gasteiger partial charge in [0.25, 0.3) is 0 Å². The Morgan fingerprint density at radius 2 is 1.94 bits per heavy atom. The first-order valence-corrected chi connectivity index (χ1v) is 6.85. The molecule has 104 valence electrons. The van der Waals surface area contributed by atoms with Crippen molar-refractivity contribution in [3.05, 3.63) is 0 Å². The summed E-state index contributed by atoms with van der Waals surface area (Å²) in [5.74, 6) is 0.538. The maximum absolute atomic E-state index is 12.2. The number of ether oxygens (including phenoxy) is 1. The van der Waals surface area contributed by atoms with Crippen molar-refractivity contribution in [2.45, 2.75) is 32.5 Å². The maximum Gasteiger partial charge on any atom is 0.236 e. The third kappa shape index (κ3) is 3.43. The van der Waals surface area contributed by atoms with Crippen molar-refractivity contribution in [3.63, 3.8) is 0 Å². The molecule has 2 saturated heterocycles. The van der Waals surface area contributed by atoms with Gasteiger partial charge in [-0.2, -0.15) is 0 Å². The fraction of sp³-hybridized carbons (Fsp3) is 0.923. The third-order valence-electron chi connectivity index (χ3n) is 3.76. The first-order chi connectivity index (χ1) is 8.58. The number of carbonyl (C=O) groups is 1. The van der Waals surface area contributed by atoms with Gasteiger partial charge in [0.1, 0.15) is 0 Å². The molecule has 3 unspecified atom stereocenters. The van der Waals surface area contributed by atoms with Gasteiger partial charge in [-0.05, 0) is 32.7 Å². The number of rotatable bonds is 3. The van der Waals surface area contributed by atoms with E-state index in [-0.39, 0.29) is 24.7 Å². The van der Waals surface area contributed by atoms with Gasteiger partial charge in [0.2, 0.25) is 5.91 Å². The van der Waals surface area contributed by atoms with Crippen LogP contribution in [0.1, 0.15) is 20.3 Å². The van der Waals surface area contributed by atoms with Crippen molar-refractivity contribution in [2.75, 3.05) is 39.3 Å². The number of morpholine rings is 1. The fourth-order valence-corrected chi connectivity index (χ4v) is 2.88. The highest BCUT2D eigenvalue weighted by Gasteiger charge is 2.29. The molecule has 5 nitrogen and oxygen atoms in total. The molecule has 2 heterocycles. The summed E-state index contributed by atoms with van der Waals surface area (Å²) in [7, 11) is 0. The molecule has 0 aliphatic carbocycles. The molecule has 0 aromatic carbocycles. The van der Waals surface area contributed by atoms with Gasteiger partial charge in [-0.25, -0.2) is 0 Å². The quantitative estimate of drug-likeness (QED) is 0.768. The smallest absolute Gasteiger partial charge is 0.236 e. The van der Waals surface area contributed by atoms with E-state index in [1.807, 2.05) is 18.7 Å². The zero-order valence-corrected chi connectivity index (χ0v) is 11.3. The predicted molar refractivity (Wildman–Crippen MR) is 68.2 cm³/mol. The number of nitrogens with zero attached hydrogens (tertiary/aromatic N) is 2. The molecule has 0 spiro atoms. The molecule has 0 aromatic heterocycles. The summed E-state index contributed by atoms with van der Waals surface area (Å²) in [6, 6.07) is 0. The molecule has 0 aromatic rings. The Morgan fingerprint density at radius 1 is 1.28 bits per heavy atom. The van der Waals surface area contributed by atoms with Gasteiger partial charge in [0.15, 0.2) is 0 Å². The van der Waals surface area contributed by atoms with Crippen LogP contribution in [0.3, 0.4) is 0 Å². The molecule has 1 amide bonds. The molecule has 18 heavy (non-hydrogen) atoms. The Balaban J connectivity index is 1.81. The SMILES string of the molecule is CC1CN(C(=O)CN2CCC(CO)C2)CC(C)O1. The standard InChI is InChI=1S/C13H24N2O3/c1-10-5-15(6-11(2)18-10)13(17)8-14-4-3-12(7-14)9-16/h10-12,16H,3-9H2,1-2H3. The van der Waals surface area contributed by atoms with E-state index in [2.05, 4.69) is 4.90 Å². The lowest BCUT2D eigenvalue weighted by molar-refractivity contribution is -0.144. The molecular formula is C13H24N2O3. The molecule has 3 atom stereocenters. The summed E-state index contributed by atoms with van der Waals surface area (Å²) >= 11 is 0. The highest BCUT2D eigenvalue weighted by atomic mass is 16.5. The van der Waals surface area contributed by atoms with Crippen molar-refractivity contribution in [1.82, 2.24) is 9.80 Å². The van der Waals surface area contributed by atoms with Gasteiger partial charge >= 0.3 is 0 Å². The molecule has 2 rings (SSSR count). The Bertz CT molecular complexity index is 288. The molecule has 1 N–H and O–H groups in total. The Hall–Kier alpha value is -0.650. The van der Waals surface area contributed by atoms with E-state index < -0.39 is 0 Å². The van der Waals surface area contributed by atoms with Crippen molar-refractivity contribution in [2.24, 2.45) is 5.92 Å². The van der Waals surface area contributed by atoms with Gasteiger partial charge < -0.3 is 14.7 Å². The Labute approximate surface area is 109 Å². The van der Waals surface area contributed by atoms with E-state index in [4.69, 9.17) is 9.84 Å². The highest BCUT2D eigenvalue weighted by molar-refractivity contribution is 5.78. The zero-order valence-electron chi connectivity index (χ0n) is 11.3. The van der Waals surface area contributed by atoms with Crippen LogP contribution >= 0.6 is 0 Å². The van der Waals surface area contributed by atoms with Gasteiger partial charge in [0.05, 0.1) is 18.8 Å². The second-order valence-electron chi connectivity index (χ2n) is 5.63. The Morgan fingerprint density at radius 3 is 2.50 bits per heavy atom. The van der Waals surface area contributed by atoms with E-state index >= 15 is 0 Å². The van der Waals surface area contributed by atoms with Gasteiger partial charge in [-0.15, -0.1) is 0 Å². The maximum atomic E-state index is 12.2. The van der Waals surface area contributed by atoms with Crippen LogP contribution in [0.25, 0.3) is 0 Å². The minimum absolute atomic E-state index is 0.126. The van der Waals surface area contributed by atoms with Gasteiger partial charge in [-0.3, -0.25) is 9.69 Å². The molecule has 0 radical (unpaired) electrons. The van der Waals surface area contributed by atoms with E-state index in [9.17, 15) is 4.79 Å². The first kappa shape index (κ1) is 13.8. The lowest BCUT2D eigenvalue weighted by atomic mass is 10.1. The molecule has 2 fully saturated rings. The van der Waals surface area contributed by atoms with E-state index in [1.165, 1.54) is 0 Å². The lowest BCUT2D eigenvalue weighted by Gasteiger charge is -2.36. The zero-order chi connectivity index (χ0) is 13.1. The second-order valence-corrected chi connectivity index (χ2v) is 5.63. The number of hydrogen-bond donors (Lipinski definition) is 1. The van der Waals surface area contributed by atoms with Crippen LogP contribution in [0.2, 0.25) is 0 Å². The number of likely N-dealkylation sites (tertiary alicyclic amines) is 1. The number of aliphatic hydroxyl groups is 1. The summed E-state index contributed by atoms with van der Waals surface area (Å²) < 4.78 is 5.63. The molecular weight excluding hydrogens is 232 g/mol. The minimum Gasteiger partial charge on any atom is -0.396 e. The van der Waals surface area contributed by atoms with Crippen LogP contribution < -0.4 is 0 Å². The van der Waals surface area contributed by atoms with Crippen LogP contribution in [-0.2, 0) is 9.53 Å². The number of amides is 1. The van der Waals surface area contributed by atoms with Crippen molar-refractivity contribution < 1.29 is 14.6 Å². The van der Waals surface area contributed by atoms with Crippen molar-refractivity contribution in [1.29, 1.82) is 0 Å². The van der Waals surface area contributed by atoms with E-state index in [0.29, 0.717) is 25.6 Å². The largest absolute Gasteiger partial charge is 0.396 e. The number of aliphatic hydroxyl groups excluding tert-OH is 1. The predicted octanol–water partition coefficient (Wildman–Crippen LogP) is -0.0636. The van der Waals surface area contributed by atoms with Crippen LogP contribution in [0, 0.1) is 5.92 Å². The van der Waals surface area contributed by atoms with E-state index in [0.717, 1.165) is 19.5 Å². The molecule has 5 heteroatoms. The second kappa shape index (κ2) is 5.99. The minimum atomic E-state index is 0.126. The van der Waals surface area contributed by atoms with Crippen LogP contribution in [0.15, 0.2) is 0 Å². The normalized spacial score (nSPS) is 33.9. The molecule has 0 bridgehead atoms. The monoisotopic (exact) mass is 256 g/mol. The summed E-state index contributed by atoms with van der Waals surface area (Å²) in [5.41, 5.74) is 0. The third-order valence-corrected chi connectivity index (χ3v) is 3.76. The van der Waals surface area contributed by atoms with Crippen LogP contribution in [0.4, 0.5) is 0 Å². The summed E-state index contributed by atoms with van der Waals surface area (Å²) in [6.45, 7) is 7.89. The average molecular weight is 256 g/mol. The topological polar surface area (TPSA) is 53.0 Å². The first-order valence-electron chi connectivity index (χ1n) is 6.85. The number of carbonyl (C=O) groups excluding carboxylic acids is 1. The van der Waals surface area contributed by atoms with Crippen LogP contribution in [-0.4, -0.2) is 72.4 Å². The average Bonchev–Trinajstić information content (AvgIpc) is 2.75. The summed E-state index contributed by atoms with van der Waals surface area (Å²) in [4.78, 5) is 16.3. The van der Waals surface area contributed by atoms with Crippen molar-refractivity contribution in [3.8, 4) is 0 Å². The van der Waals surface area contributed by atoms with Gasteiger partial charge in [0, 0.05) is 26.2 Å². The highest BCUT2D eigenvalue weighted by Crippen LogP contribution is 2.16. The van der Waals surface area contributed by atoms with Crippen molar-refractivity contribution >= 4 is 5.91 Å². The molecule has 0 saturated carbocycles. The molecule has 2 aliphatic rings. The summed E-state index contributed by atoms with van der Waals surface area (Å²) in [5, 5.41) is 9.10. The molecule has 2 aliphatic heterocycles. The van der Waals surface area contributed by atoms with Crippen LogP contribution in [0.5, 0.6) is 0 Å². The number of hydrogen-bond acceptors (Lipinski definition) is 4. The Kier molecular flexibility index (Phi) is 4.59. The van der Waals surface area contributed by atoms with E-state index in [1.54, 1.807) is 0 Å². The summed E-state index contributed by atoms with van der Waals surface area (Å²) in [6.07, 6.45) is 1.25.